The van der Waals surface area contributed by atoms with Crippen LogP contribution >= 0.6 is 0 Å². The lowest BCUT2D eigenvalue weighted by Crippen LogP contribution is -2.53. The standard InChI is InChI=1S/C24H33N3O3.CH4/c1-4-26-13-12-24(11-7-8-17(26)14-24)15-25-22(29)20-21(28)18-9-5-6-10-19(18)27(16(2)3)23(20)30;/h5-6,9-10,16-17,28H,4,7-8,11-15H2,1-3H3,(H,25,29);1H4. The van der Waals surface area contributed by atoms with Gasteiger partial charge in [-0.15, -0.1) is 0 Å². The first-order valence-electron chi connectivity index (χ1n) is 11.3. The number of carbonyl (C=O) groups excluding carboxylic acids is 1. The van der Waals surface area contributed by atoms with Gasteiger partial charge in [-0.3, -0.25) is 9.59 Å². The van der Waals surface area contributed by atoms with Gasteiger partial charge in [0.25, 0.3) is 11.5 Å². The van der Waals surface area contributed by atoms with Crippen LogP contribution in [-0.2, 0) is 0 Å². The number of piperidine rings is 1. The highest BCUT2D eigenvalue weighted by atomic mass is 16.3. The highest BCUT2D eigenvalue weighted by Crippen LogP contribution is 2.44. The van der Waals surface area contributed by atoms with Crippen LogP contribution in [0.5, 0.6) is 5.75 Å². The van der Waals surface area contributed by atoms with Gasteiger partial charge in [0.15, 0.2) is 0 Å². The third kappa shape index (κ3) is 4.10. The fraction of sp³-hybridized carbons (Fsp3) is 0.600. The van der Waals surface area contributed by atoms with E-state index in [0.717, 1.165) is 32.4 Å². The zero-order valence-electron chi connectivity index (χ0n) is 18.3. The number of aromatic hydroxyl groups is 1. The van der Waals surface area contributed by atoms with Gasteiger partial charge in [0.1, 0.15) is 11.3 Å². The van der Waals surface area contributed by atoms with Gasteiger partial charge in [-0.25, -0.2) is 0 Å². The van der Waals surface area contributed by atoms with E-state index in [0.29, 0.717) is 23.5 Å². The summed E-state index contributed by atoms with van der Waals surface area (Å²) in [6.07, 6.45) is 5.69. The van der Waals surface area contributed by atoms with E-state index in [-0.39, 0.29) is 30.2 Å². The van der Waals surface area contributed by atoms with Crippen molar-refractivity contribution in [3.05, 3.63) is 40.2 Å². The molecule has 2 atom stereocenters. The Kier molecular flexibility index (Phi) is 6.79. The molecule has 1 saturated carbocycles. The number of hydrogen-bond acceptors (Lipinski definition) is 4. The van der Waals surface area contributed by atoms with E-state index >= 15 is 0 Å². The minimum absolute atomic E-state index is 0. The van der Waals surface area contributed by atoms with Crippen molar-refractivity contribution in [1.29, 1.82) is 0 Å². The van der Waals surface area contributed by atoms with Crippen LogP contribution in [0.1, 0.15) is 76.7 Å². The smallest absolute Gasteiger partial charge is 0.267 e. The van der Waals surface area contributed by atoms with E-state index < -0.39 is 11.5 Å². The number of para-hydroxylation sites is 1. The molecular formula is C25H37N3O3. The second-order valence-corrected chi connectivity index (χ2v) is 9.32. The Labute approximate surface area is 185 Å². The highest BCUT2D eigenvalue weighted by molar-refractivity contribution is 6.02. The van der Waals surface area contributed by atoms with Gasteiger partial charge in [-0.05, 0) is 70.2 Å². The molecule has 0 spiro atoms. The maximum atomic E-state index is 13.2. The molecule has 2 unspecified atom stereocenters. The van der Waals surface area contributed by atoms with Crippen molar-refractivity contribution < 1.29 is 9.90 Å². The van der Waals surface area contributed by atoms with Crippen molar-refractivity contribution in [2.75, 3.05) is 19.6 Å². The van der Waals surface area contributed by atoms with Crippen molar-refractivity contribution >= 4 is 16.8 Å². The normalized spacial score (nSPS) is 23.5. The SMILES string of the molecule is C.CCN1CCC2(CNC(=O)c3c(O)c4ccccc4n(C(C)C)c3=O)CCCC1C2. The van der Waals surface area contributed by atoms with Crippen LogP contribution in [0.3, 0.4) is 0 Å². The number of nitrogens with zero attached hydrogens (tertiary/aromatic N) is 2. The third-order valence-corrected chi connectivity index (χ3v) is 7.22. The molecule has 2 N–H and O–H groups in total. The summed E-state index contributed by atoms with van der Waals surface area (Å²) in [4.78, 5) is 28.8. The van der Waals surface area contributed by atoms with Crippen LogP contribution in [-0.4, -0.2) is 46.2 Å². The second-order valence-electron chi connectivity index (χ2n) is 9.32. The van der Waals surface area contributed by atoms with E-state index in [1.54, 1.807) is 16.7 Å². The van der Waals surface area contributed by atoms with E-state index in [1.165, 1.54) is 12.8 Å². The van der Waals surface area contributed by atoms with Crippen LogP contribution < -0.4 is 10.9 Å². The number of pyridine rings is 1. The van der Waals surface area contributed by atoms with Gasteiger partial charge in [0.2, 0.25) is 0 Å². The molecule has 2 aliphatic rings. The Morgan fingerprint density at radius 3 is 2.74 bits per heavy atom. The Morgan fingerprint density at radius 1 is 1.29 bits per heavy atom. The van der Waals surface area contributed by atoms with E-state index in [1.807, 2.05) is 26.0 Å². The Hall–Kier alpha value is -2.34. The molecule has 6 nitrogen and oxygen atoms in total. The molecule has 31 heavy (non-hydrogen) atoms. The number of rotatable bonds is 5. The molecule has 170 valence electrons. The lowest BCUT2D eigenvalue weighted by molar-refractivity contribution is 0.0110. The van der Waals surface area contributed by atoms with E-state index in [2.05, 4.69) is 17.1 Å². The van der Waals surface area contributed by atoms with Crippen LogP contribution in [0.15, 0.2) is 29.1 Å². The predicted molar refractivity (Wildman–Crippen MR) is 126 cm³/mol. The molecule has 1 aromatic heterocycles. The average molecular weight is 428 g/mol. The molecular weight excluding hydrogens is 390 g/mol. The number of nitrogens with one attached hydrogen (secondary N) is 1. The molecule has 1 aromatic carbocycles. The average Bonchev–Trinajstić information content (AvgIpc) is 2.73. The monoisotopic (exact) mass is 427 g/mol. The summed E-state index contributed by atoms with van der Waals surface area (Å²) >= 11 is 0. The molecule has 1 aliphatic carbocycles. The maximum Gasteiger partial charge on any atom is 0.267 e. The van der Waals surface area contributed by atoms with E-state index in [9.17, 15) is 14.7 Å². The summed E-state index contributed by atoms with van der Waals surface area (Å²) in [5.41, 5.74) is 0.177. The molecule has 4 rings (SSSR count). The summed E-state index contributed by atoms with van der Waals surface area (Å²) in [6, 6.07) is 7.68. The number of benzene rings is 1. The largest absolute Gasteiger partial charge is 0.506 e. The topological polar surface area (TPSA) is 74.6 Å². The van der Waals surface area contributed by atoms with Crippen molar-refractivity contribution in [1.82, 2.24) is 14.8 Å². The molecule has 1 aliphatic heterocycles. The zero-order valence-corrected chi connectivity index (χ0v) is 18.3. The van der Waals surface area contributed by atoms with Crippen molar-refractivity contribution in [3.8, 4) is 5.75 Å². The highest BCUT2D eigenvalue weighted by Gasteiger charge is 2.42. The van der Waals surface area contributed by atoms with Gasteiger partial charge in [-0.2, -0.15) is 0 Å². The Bertz CT molecular complexity index is 1010. The minimum atomic E-state index is -0.466. The molecule has 1 amide bonds. The summed E-state index contributed by atoms with van der Waals surface area (Å²) in [7, 11) is 0. The van der Waals surface area contributed by atoms with Crippen LogP contribution in [0.25, 0.3) is 10.9 Å². The van der Waals surface area contributed by atoms with Crippen molar-refractivity contribution in [3.63, 3.8) is 0 Å². The van der Waals surface area contributed by atoms with Gasteiger partial charge in [0, 0.05) is 24.0 Å². The Morgan fingerprint density at radius 2 is 2.03 bits per heavy atom. The Balaban J connectivity index is 0.00000272. The number of fused-ring (bicyclic) bond motifs is 3. The van der Waals surface area contributed by atoms with Crippen molar-refractivity contribution in [2.24, 2.45) is 5.41 Å². The molecule has 6 heteroatoms. The van der Waals surface area contributed by atoms with Crippen LogP contribution in [0, 0.1) is 5.41 Å². The molecule has 2 fully saturated rings. The zero-order chi connectivity index (χ0) is 21.5. The number of carbonyl (C=O) groups is 1. The van der Waals surface area contributed by atoms with Crippen molar-refractivity contribution in [2.45, 2.75) is 72.4 Å². The summed E-state index contributed by atoms with van der Waals surface area (Å²) in [5.74, 6) is -0.683. The van der Waals surface area contributed by atoms with Crippen LogP contribution in [0.4, 0.5) is 0 Å². The number of aromatic nitrogens is 1. The first-order valence-corrected chi connectivity index (χ1v) is 11.3. The quantitative estimate of drug-likeness (QED) is 0.746. The summed E-state index contributed by atoms with van der Waals surface area (Å²) < 4.78 is 1.60. The first-order chi connectivity index (χ1) is 14.4. The minimum Gasteiger partial charge on any atom is -0.506 e. The molecule has 2 heterocycles. The van der Waals surface area contributed by atoms with Gasteiger partial charge in [-0.1, -0.05) is 32.9 Å². The third-order valence-electron chi connectivity index (χ3n) is 7.22. The lowest BCUT2D eigenvalue weighted by atomic mass is 9.67. The lowest BCUT2D eigenvalue weighted by Gasteiger charge is -2.50. The number of likely N-dealkylation sites (tertiary alicyclic amines) is 1. The first kappa shape index (κ1) is 23.3. The van der Waals surface area contributed by atoms with Crippen LogP contribution in [0.2, 0.25) is 0 Å². The van der Waals surface area contributed by atoms with Gasteiger partial charge in [0.05, 0.1) is 5.52 Å². The molecule has 2 aromatic rings. The second kappa shape index (κ2) is 9.03. The molecule has 1 saturated heterocycles. The van der Waals surface area contributed by atoms with Gasteiger partial charge < -0.3 is 19.9 Å². The summed E-state index contributed by atoms with van der Waals surface area (Å²) in [6.45, 7) is 8.74. The maximum absolute atomic E-state index is 13.2. The fourth-order valence-electron chi connectivity index (χ4n) is 5.61. The summed E-state index contributed by atoms with van der Waals surface area (Å²) in [5, 5.41) is 14.4. The van der Waals surface area contributed by atoms with Gasteiger partial charge >= 0.3 is 0 Å². The fourth-order valence-corrected chi connectivity index (χ4v) is 5.61. The number of hydrogen-bond donors (Lipinski definition) is 2. The predicted octanol–water partition coefficient (Wildman–Crippen LogP) is 4.31. The van der Waals surface area contributed by atoms with E-state index in [4.69, 9.17) is 0 Å². The molecule has 0 radical (unpaired) electrons. The number of amides is 1. The molecule has 2 bridgehead atoms.